The van der Waals surface area contributed by atoms with Crippen molar-refractivity contribution in [2.75, 3.05) is 26.2 Å². The third kappa shape index (κ3) is 10.3. The fourth-order valence-corrected chi connectivity index (χ4v) is 13.1. The summed E-state index contributed by atoms with van der Waals surface area (Å²) in [5.74, 6) is -8.29. The zero-order valence-electron chi connectivity index (χ0n) is 43.4. The molecule has 76 heavy (non-hydrogen) atoms. The highest BCUT2D eigenvalue weighted by Gasteiger charge is 2.58. The second kappa shape index (κ2) is 21.3. The van der Waals surface area contributed by atoms with Gasteiger partial charge in [0.25, 0.3) is 23.6 Å². The number of benzene rings is 2. The number of hydrogen-bond acceptors (Lipinski definition) is 10. The Hall–Kier alpha value is -7.38. The Balaban J connectivity index is 0.871. The molecule has 0 bridgehead atoms. The number of nitrogens with zero attached hydrogens (tertiary/aromatic N) is 3. The van der Waals surface area contributed by atoms with Crippen molar-refractivity contribution in [3.05, 3.63) is 72.1 Å². The number of amides is 8. The van der Waals surface area contributed by atoms with Gasteiger partial charge in [-0.15, -0.1) is 0 Å². The number of aromatic amines is 2. The van der Waals surface area contributed by atoms with Crippen LogP contribution in [0, 0.1) is 35.5 Å². The van der Waals surface area contributed by atoms with Crippen LogP contribution < -0.4 is 26.6 Å². The quantitative estimate of drug-likeness (QED) is 0.0717. The van der Waals surface area contributed by atoms with Crippen LogP contribution in [-0.4, -0.2) is 152 Å². The number of para-hydroxylation sites is 2. The van der Waals surface area contributed by atoms with Crippen LogP contribution in [-0.2, 0) is 38.4 Å². The van der Waals surface area contributed by atoms with Crippen LogP contribution in [0.15, 0.2) is 60.7 Å². The Morgan fingerprint density at radius 2 is 1.16 bits per heavy atom. The predicted octanol–water partition coefficient (Wildman–Crippen LogP) is 2.73. The Bertz CT molecular complexity index is 2930. The Labute approximate surface area is 439 Å². The molecule has 7 N–H and O–H groups in total. The lowest BCUT2D eigenvalue weighted by atomic mass is 9.91. The van der Waals surface area contributed by atoms with E-state index >= 15 is 0 Å². The van der Waals surface area contributed by atoms with E-state index in [1.54, 1.807) is 49.6 Å². The number of rotatable bonds is 18. The number of H-pyrrole nitrogens is 2. The molecule has 2 aromatic carbocycles. The first-order chi connectivity index (χ1) is 36.4. The van der Waals surface area contributed by atoms with Crippen molar-refractivity contribution >= 4 is 80.6 Å². The Morgan fingerprint density at radius 3 is 1.71 bits per heavy atom. The summed E-state index contributed by atoms with van der Waals surface area (Å²) >= 11 is 0. The van der Waals surface area contributed by atoms with Crippen LogP contribution >= 0.6 is 0 Å². The molecule has 8 amide bonds. The molecular formula is C56H68N10O10. The lowest BCUT2D eigenvalue weighted by Crippen LogP contribution is -2.56. The molecule has 402 valence electrons. The van der Waals surface area contributed by atoms with Crippen molar-refractivity contribution in [3.8, 4) is 0 Å². The van der Waals surface area contributed by atoms with E-state index in [0.717, 1.165) is 41.1 Å². The van der Waals surface area contributed by atoms with E-state index in [1.165, 1.54) is 4.90 Å². The van der Waals surface area contributed by atoms with Crippen LogP contribution in [0.4, 0.5) is 0 Å². The van der Waals surface area contributed by atoms with Crippen LogP contribution in [0.25, 0.3) is 21.8 Å². The lowest BCUT2D eigenvalue weighted by molar-refractivity contribution is -0.142. The number of hydrogen-bond donors (Lipinski definition) is 7. The number of ketones is 2. The molecule has 2 unspecified atom stereocenters. The Kier molecular flexibility index (Phi) is 14.6. The lowest BCUT2D eigenvalue weighted by Gasteiger charge is -2.30. The van der Waals surface area contributed by atoms with Gasteiger partial charge in [0.15, 0.2) is 0 Å². The highest BCUT2D eigenvalue weighted by molar-refractivity contribution is 6.39. The van der Waals surface area contributed by atoms with E-state index in [9.17, 15) is 47.9 Å². The SMILES string of the molecule is CC(C)NC(=O)C(=O)[C@H](C[C@@H]1CCN(C2CC2[C@H]2CCN(C(=O)c3cc4ccccc4[nH]3)[C@@H]2C(=O)N[C@@H](C[C@@H]2CCNC2=O)C(=O)C(=O)NC(C)C)C1=O)NC(=O)[C@@H]1[C@H]2CCC[C@H]2CN1C(=O)c1cc2ccccc2[nH]1. The topological polar surface area (TPSA) is 272 Å². The summed E-state index contributed by atoms with van der Waals surface area (Å²) in [6.45, 7) is 8.08. The second-order valence-electron chi connectivity index (χ2n) is 22.5. The molecule has 10 rings (SSSR count). The third-order valence-electron chi connectivity index (χ3n) is 16.8. The number of aromatic nitrogens is 2. The maximum atomic E-state index is 14.9. The van der Waals surface area contributed by atoms with Gasteiger partial charge in [-0.1, -0.05) is 42.8 Å². The van der Waals surface area contributed by atoms with Crippen LogP contribution in [0.1, 0.15) is 106 Å². The van der Waals surface area contributed by atoms with Gasteiger partial charge in [0.1, 0.15) is 23.5 Å². The molecule has 6 heterocycles. The summed E-state index contributed by atoms with van der Waals surface area (Å²) in [5.41, 5.74) is 2.12. The van der Waals surface area contributed by atoms with E-state index in [1.807, 2.05) is 48.5 Å². The molecule has 11 atom stereocenters. The molecule has 0 spiro atoms. The van der Waals surface area contributed by atoms with E-state index in [2.05, 4.69) is 36.6 Å². The molecule has 0 radical (unpaired) electrons. The van der Waals surface area contributed by atoms with Crippen molar-refractivity contribution < 1.29 is 47.9 Å². The molecule has 4 aromatic rings. The number of nitrogens with one attached hydrogen (secondary N) is 7. The van der Waals surface area contributed by atoms with Gasteiger partial charge in [-0.3, -0.25) is 47.9 Å². The number of Topliss-reactive ketones (excluding diaryl/α,β-unsaturated/α-hetero) is 2. The molecule has 6 aliphatic rings. The first-order valence-electron chi connectivity index (χ1n) is 27.1. The smallest absolute Gasteiger partial charge is 0.289 e. The first-order valence-corrected chi connectivity index (χ1v) is 27.1. The minimum absolute atomic E-state index is 0.0866. The molecule has 4 aliphatic heterocycles. The van der Waals surface area contributed by atoms with E-state index in [-0.39, 0.29) is 78.7 Å². The summed E-state index contributed by atoms with van der Waals surface area (Å²) in [6.07, 6.45) is 3.82. The monoisotopic (exact) mass is 1040 g/mol. The van der Waals surface area contributed by atoms with Crippen molar-refractivity contribution in [2.45, 2.75) is 128 Å². The number of carbonyl (C=O) groups excluding carboxylic acids is 10. The highest BCUT2D eigenvalue weighted by Crippen LogP contribution is 2.50. The van der Waals surface area contributed by atoms with Crippen LogP contribution in [0.3, 0.4) is 0 Å². The number of carbonyl (C=O) groups is 10. The molecule has 2 aliphatic carbocycles. The first kappa shape index (κ1) is 52.1. The van der Waals surface area contributed by atoms with Crippen molar-refractivity contribution in [3.63, 3.8) is 0 Å². The van der Waals surface area contributed by atoms with Crippen molar-refractivity contribution in [1.29, 1.82) is 0 Å². The fraction of sp³-hybridized carbons (Fsp3) is 0.536. The van der Waals surface area contributed by atoms with Crippen LogP contribution in [0.5, 0.6) is 0 Å². The number of fused-ring (bicyclic) bond motifs is 3. The Morgan fingerprint density at radius 1 is 0.605 bits per heavy atom. The number of likely N-dealkylation sites (tertiary alicyclic amines) is 3. The van der Waals surface area contributed by atoms with Gasteiger partial charge >= 0.3 is 0 Å². The minimum atomic E-state index is -1.37. The second-order valence-corrected chi connectivity index (χ2v) is 22.5. The normalized spacial score (nSPS) is 26.7. The zero-order chi connectivity index (χ0) is 53.7. The standard InChI is InChI=1S/C56H68N10O10/c1-28(2)58-52(72)47(67)40(24-32-16-19-57-49(32)69)62-51(71)46-36(18-21-65(46)55(75)42-22-30-10-5-7-14-38(30)60-42)37-26-44(37)64-20-17-33(54(64)74)25-41(48(68)53(73)59-29(3)4)63-50(70)45-35-13-9-12-34(35)27-66(45)56(76)43-23-31-11-6-8-15-39(31)61-43/h5-8,10-11,14-15,22-23,28-29,32-37,40-41,44-46,60-61H,9,12-13,16-21,24-27H2,1-4H3,(H,57,69)(H,58,72)(H,59,73)(H,62,71)(H,63,70)/t32-,33-,34-,35-,36+,37?,40-,41-,44?,45-,46-/m0/s1. The summed E-state index contributed by atoms with van der Waals surface area (Å²) in [6, 6.07) is 12.5. The van der Waals surface area contributed by atoms with Gasteiger partial charge in [-0.05, 0) is 127 Å². The van der Waals surface area contributed by atoms with Crippen LogP contribution in [0.2, 0.25) is 0 Å². The van der Waals surface area contributed by atoms with Gasteiger partial charge < -0.3 is 51.3 Å². The van der Waals surface area contributed by atoms with E-state index < -0.39 is 83.0 Å². The van der Waals surface area contributed by atoms with E-state index in [0.29, 0.717) is 51.0 Å². The molecule has 2 aromatic heterocycles. The summed E-state index contributed by atoms with van der Waals surface area (Å²) < 4.78 is 0. The van der Waals surface area contributed by atoms with E-state index in [4.69, 9.17) is 0 Å². The van der Waals surface area contributed by atoms with Gasteiger partial charge in [0.05, 0.1) is 12.1 Å². The van der Waals surface area contributed by atoms with Gasteiger partial charge in [-0.2, -0.15) is 0 Å². The van der Waals surface area contributed by atoms with Gasteiger partial charge in [0.2, 0.25) is 35.2 Å². The maximum absolute atomic E-state index is 14.9. The van der Waals surface area contributed by atoms with Gasteiger partial charge in [0, 0.05) is 77.9 Å². The third-order valence-corrected chi connectivity index (χ3v) is 16.8. The van der Waals surface area contributed by atoms with Crippen molar-refractivity contribution in [1.82, 2.24) is 51.3 Å². The molecular weight excluding hydrogens is 973 g/mol. The molecule has 2 saturated carbocycles. The molecule has 20 nitrogen and oxygen atoms in total. The zero-order valence-corrected chi connectivity index (χ0v) is 43.4. The summed E-state index contributed by atoms with van der Waals surface area (Å²) in [5, 5.41) is 15.4. The minimum Gasteiger partial charge on any atom is -0.356 e. The maximum Gasteiger partial charge on any atom is 0.289 e. The molecule has 4 saturated heterocycles. The largest absolute Gasteiger partial charge is 0.356 e. The summed E-state index contributed by atoms with van der Waals surface area (Å²) in [7, 11) is 0. The highest BCUT2D eigenvalue weighted by atomic mass is 16.2. The molecule has 20 heteroatoms. The summed E-state index contributed by atoms with van der Waals surface area (Å²) in [4.78, 5) is 151. The fourth-order valence-electron chi connectivity index (χ4n) is 13.1. The predicted molar refractivity (Wildman–Crippen MR) is 278 cm³/mol. The van der Waals surface area contributed by atoms with Gasteiger partial charge in [-0.25, -0.2) is 0 Å². The average molecular weight is 1040 g/mol. The van der Waals surface area contributed by atoms with Crippen molar-refractivity contribution in [2.24, 2.45) is 35.5 Å². The molecule has 6 fully saturated rings. The average Bonchev–Trinajstić information content (AvgIpc) is 4.16.